The third-order valence-corrected chi connectivity index (χ3v) is 4.64. The average Bonchev–Trinajstić information content (AvgIpc) is 2.96. The van der Waals surface area contributed by atoms with Gasteiger partial charge in [-0.15, -0.1) is 11.3 Å². The van der Waals surface area contributed by atoms with Crippen LogP contribution < -0.4 is 5.32 Å². The lowest BCUT2D eigenvalue weighted by molar-refractivity contribution is 0.183. The summed E-state index contributed by atoms with van der Waals surface area (Å²) < 4.78 is 5.43. The van der Waals surface area contributed by atoms with Crippen molar-refractivity contribution in [1.82, 2.24) is 9.97 Å². The van der Waals surface area contributed by atoms with Crippen LogP contribution in [0.3, 0.4) is 0 Å². The number of hydrogen-bond acceptors (Lipinski definition) is 5. The smallest absolute Gasteiger partial charge is 0.225 e. The van der Waals surface area contributed by atoms with Crippen molar-refractivity contribution in [2.45, 2.75) is 26.3 Å². The zero-order valence-corrected chi connectivity index (χ0v) is 12.5. The first-order valence-electron chi connectivity index (χ1n) is 6.41. The number of aromatic nitrogens is 2. The van der Waals surface area contributed by atoms with E-state index in [-0.39, 0.29) is 0 Å². The molecule has 0 spiro atoms. The number of aryl methyl sites for hydroxylation is 1. The number of nitrogens with one attached hydrogen (secondary N) is 1. The monoisotopic (exact) mass is 297 g/mol. The lowest BCUT2D eigenvalue weighted by Crippen LogP contribution is -2.26. The first kappa shape index (κ1) is 13.1. The molecule has 102 valence electrons. The van der Waals surface area contributed by atoms with Crippen molar-refractivity contribution in [2.75, 3.05) is 18.5 Å². The first-order chi connectivity index (χ1) is 9.13. The molecule has 1 N–H and O–H groups in total. The summed E-state index contributed by atoms with van der Waals surface area (Å²) in [6.07, 6.45) is 1.10. The van der Waals surface area contributed by atoms with Crippen LogP contribution in [-0.4, -0.2) is 29.2 Å². The topological polar surface area (TPSA) is 47.0 Å². The van der Waals surface area contributed by atoms with Gasteiger partial charge in [-0.2, -0.15) is 0 Å². The molecule has 3 heterocycles. The van der Waals surface area contributed by atoms with Crippen molar-refractivity contribution >= 4 is 39.0 Å². The fourth-order valence-electron chi connectivity index (χ4n) is 2.41. The maximum atomic E-state index is 6.00. The van der Waals surface area contributed by atoms with E-state index < -0.39 is 0 Å². The third-order valence-electron chi connectivity index (χ3n) is 3.53. The second-order valence-corrected chi connectivity index (χ2v) is 6.55. The van der Waals surface area contributed by atoms with Gasteiger partial charge in [-0.3, -0.25) is 0 Å². The molecule has 6 heteroatoms. The van der Waals surface area contributed by atoms with Crippen LogP contribution in [0, 0.1) is 12.8 Å². The molecular weight excluding hydrogens is 282 g/mol. The molecule has 19 heavy (non-hydrogen) atoms. The van der Waals surface area contributed by atoms with Crippen LogP contribution in [-0.2, 0) is 4.74 Å². The van der Waals surface area contributed by atoms with Gasteiger partial charge in [0, 0.05) is 23.4 Å². The molecule has 0 radical (unpaired) electrons. The minimum atomic E-state index is 0.298. The Morgan fingerprint density at radius 2 is 2.37 bits per heavy atom. The van der Waals surface area contributed by atoms with E-state index in [1.54, 1.807) is 11.3 Å². The SMILES string of the molecule is Cc1cc2c(NC(C)C3CCOC3)nc(Cl)nc2s1. The lowest BCUT2D eigenvalue weighted by Gasteiger charge is -2.20. The van der Waals surface area contributed by atoms with Gasteiger partial charge in [0.15, 0.2) is 0 Å². The molecule has 0 bridgehead atoms. The number of halogens is 1. The van der Waals surface area contributed by atoms with Crippen LogP contribution in [0.5, 0.6) is 0 Å². The van der Waals surface area contributed by atoms with Gasteiger partial charge < -0.3 is 10.1 Å². The molecule has 1 saturated heterocycles. The molecular formula is C13H16ClN3OS. The van der Waals surface area contributed by atoms with E-state index in [1.807, 2.05) is 0 Å². The van der Waals surface area contributed by atoms with E-state index >= 15 is 0 Å². The van der Waals surface area contributed by atoms with Gasteiger partial charge in [-0.25, -0.2) is 9.97 Å². The van der Waals surface area contributed by atoms with Gasteiger partial charge in [0.25, 0.3) is 0 Å². The van der Waals surface area contributed by atoms with Crippen molar-refractivity contribution in [3.8, 4) is 0 Å². The molecule has 0 saturated carbocycles. The fraction of sp³-hybridized carbons (Fsp3) is 0.538. The maximum absolute atomic E-state index is 6.00. The van der Waals surface area contributed by atoms with E-state index in [0.29, 0.717) is 17.2 Å². The van der Waals surface area contributed by atoms with E-state index in [4.69, 9.17) is 16.3 Å². The minimum Gasteiger partial charge on any atom is -0.381 e. The molecule has 4 nitrogen and oxygen atoms in total. The van der Waals surface area contributed by atoms with Gasteiger partial charge in [-0.05, 0) is 37.9 Å². The number of rotatable bonds is 3. The summed E-state index contributed by atoms with van der Waals surface area (Å²) in [5.41, 5.74) is 0. The molecule has 2 aromatic heterocycles. The van der Waals surface area contributed by atoms with E-state index in [9.17, 15) is 0 Å². The molecule has 2 atom stereocenters. The highest BCUT2D eigenvalue weighted by molar-refractivity contribution is 7.18. The van der Waals surface area contributed by atoms with E-state index in [1.165, 1.54) is 4.88 Å². The quantitative estimate of drug-likeness (QED) is 0.881. The molecule has 3 rings (SSSR count). The molecule has 2 unspecified atom stereocenters. The molecule has 2 aromatic rings. The van der Waals surface area contributed by atoms with Crippen LogP contribution in [0.1, 0.15) is 18.2 Å². The first-order valence-corrected chi connectivity index (χ1v) is 7.61. The number of hydrogen-bond donors (Lipinski definition) is 1. The lowest BCUT2D eigenvalue weighted by atomic mass is 10.0. The van der Waals surface area contributed by atoms with Gasteiger partial charge in [0.2, 0.25) is 5.28 Å². The second kappa shape index (κ2) is 5.23. The van der Waals surface area contributed by atoms with Gasteiger partial charge in [-0.1, -0.05) is 0 Å². The van der Waals surface area contributed by atoms with E-state index in [0.717, 1.165) is 35.7 Å². The predicted molar refractivity (Wildman–Crippen MR) is 79.2 cm³/mol. The maximum Gasteiger partial charge on any atom is 0.225 e. The van der Waals surface area contributed by atoms with Gasteiger partial charge in [0.1, 0.15) is 10.6 Å². The van der Waals surface area contributed by atoms with Gasteiger partial charge >= 0.3 is 0 Å². The Morgan fingerprint density at radius 3 is 3.11 bits per heavy atom. The van der Waals surface area contributed by atoms with Crippen molar-refractivity contribution in [3.63, 3.8) is 0 Å². The highest BCUT2D eigenvalue weighted by atomic mass is 35.5. The molecule has 1 aliphatic heterocycles. The van der Waals surface area contributed by atoms with Crippen molar-refractivity contribution in [2.24, 2.45) is 5.92 Å². The summed E-state index contributed by atoms with van der Waals surface area (Å²) in [6.45, 7) is 5.91. The zero-order chi connectivity index (χ0) is 13.4. The zero-order valence-electron chi connectivity index (χ0n) is 10.9. The molecule has 1 fully saturated rings. The van der Waals surface area contributed by atoms with Crippen molar-refractivity contribution in [3.05, 3.63) is 16.2 Å². The minimum absolute atomic E-state index is 0.298. The highest BCUT2D eigenvalue weighted by Gasteiger charge is 2.23. The predicted octanol–water partition coefficient (Wildman–Crippen LogP) is 3.49. The van der Waals surface area contributed by atoms with Gasteiger partial charge in [0.05, 0.1) is 12.0 Å². The van der Waals surface area contributed by atoms with Crippen LogP contribution in [0.2, 0.25) is 5.28 Å². The van der Waals surface area contributed by atoms with Crippen LogP contribution in [0.25, 0.3) is 10.2 Å². The van der Waals surface area contributed by atoms with Crippen LogP contribution in [0.15, 0.2) is 6.07 Å². The average molecular weight is 298 g/mol. The van der Waals surface area contributed by atoms with Crippen molar-refractivity contribution < 1.29 is 4.74 Å². The Kier molecular flexibility index (Phi) is 3.60. The summed E-state index contributed by atoms with van der Waals surface area (Å²) >= 11 is 7.64. The Balaban J connectivity index is 1.90. The van der Waals surface area contributed by atoms with Crippen LogP contribution in [0.4, 0.5) is 5.82 Å². The Hall–Kier alpha value is -0.910. The Labute approximate surface area is 121 Å². The standard InChI is InChI=1S/C13H16ClN3OS/c1-7-5-10-11(16-13(14)17-12(10)19-7)15-8(2)9-3-4-18-6-9/h5,8-9H,3-4,6H2,1-2H3,(H,15,16,17). The second-order valence-electron chi connectivity index (χ2n) is 4.97. The number of thiophene rings is 1. The number of anilines is 1. The summed E-state index contributed by atoms with van der Waals surface area (Å²) in [7, 11) is 0. The summed E-state index contributed by atoms with van der Waals surface area (Å²) in [6, 6.07) is 2.42. The molecule has 0 aliphatic carbocycles. The third kappa shape index (κ3) is 2.68. The largest absolute Gasteiger partial charge is 0.381 e. The number of fused-ring (bicyclic) bond motifs is 1. The van der Waals surface area contributed by atoms with E-state index in [2.05, 4.69) is 35.2 Å². The summed E-state index contributed by atoms with van der Waals surface area (Å²) in [4.78, 5) is 10.8. The Bertz CT molecular complexity index is 595. The number of ether oxygens (including phenoxy) is 1. The van der Waals surface area contributed by atoms with Crippen molar-refractivity contribution in [1.29, 1.82) is 0 Å². The summed E-state index contributed by atoms with van der Waals surface area (Å²) in [5, 5.41) is 4.82. The fourth-order valence-corrected chi connectivity index (χ4v) is 3.51. The Morgan fingerprint density at radius 1 is 1.53 bits per heavy atom. The molecule has 0 amide bonds. The highest BCUT2D eigenvalue weighted by Crippen LogP contribution is 2.31. The molecule has 0 aromatic carbocycles. The van der Waals surface area contributed by atoms with Crippen LogP contribution >= 0.6 is 22.9 Å². The normalized spacial score (nSPS) is 20.9. The molecule has 1 aliphatic rings. The number of nitrogens with zero attached hydrogens (tertiary/aromatic N) is 2. The summed E-state index contributed by atoms with van der Waals surface area (Å²) in [5.74, 6) is 1.36.